The van der Waals surface area contributed by atoms with Crippen LogP contribution in [0, 0.1) is 0 Å². The van der Waals surface area contributed by atoms with Gasteiger partial charge >= 0.3 is 0 Å². The van der Waals surface area contributed by atoms with Crippen LogP contribution in [-0.4, -0.2) is 10.2 Å². The second-order valence-electron chi connectivity index (χ2n) is 6.14. The van der Waals surface area contributed by atoms with Crippen LogP contribution in [0.25, 0.3) is 0 Å². The van der Waals surface area contributed by atoms with Crippen molar-refractivity contribution in [3.63, 3.8) is 0 Å². The molecule has 0 spiro atoms. The first-order chi connectivity index (χ1) is 9.06. The Morgan fingerprint density at radius 3 is 1.32 bits per heavy atom. The molecule has 19 heavy (non-hydrogen) atoms. The molecule has 0 radical (unpaired) electrons. The highest BCUT2D eigenvalue weighted by molar-refractivity contribution is 6.22. The van der Waals surface area contributed by atoms with Crippen LogP contribution in [0.4, 0.5) is 0 Å². The Balaban J connectivity index is 2.99. The molecule has 0 amide bonds. The number of aliphatic hydroxyl groups is 1. The van der Waals surface area contributed by atoms with Crippen molar-refractivity contribution in [2.75, 3.05) is 0 Å². The minimum atomic E-state index is -0.988. The summed E-state index contributed by atoms with van der Waals surface area (Å²) in [5.41, 5.74) is 0. The lowest BCUT2D eigenvalue weighted by molar-refractivity contribution is 0.135. The summed E-state index contributed by atoms with van der Waals surface area (Å²) >= 11 is 5.73. The van der Waals surface area contributed by atoms with Crippen LogP contribution >= 0.6 is 11.6 Å². The van der Waals surface area contributed by atoms with Crippen LogP contribution in [0.5, 0.6) is 0 Å². The number of halogens is 1. The van der Waals surface area contributed by atoms with Crippen molar-refractivity contribution >= 4 is 11.6 Å². The van der Waals surface area contributed by atoms with Crippen molar-refractivity contribution in [3.8, 4) is 0 Å². The Hall–Kier alpha value is 0.250. The summed E-state index contributed by atoms with van der Waals surface area (Å²) < 4.78 is 0. The van der Waals surface area contributed by atoms with Gasteiger partial charge < -0.3 is 5.11 Å². The molecule has 0 aromatic rings. The predicted octanol–water partition coefficient (Wildman–Crippen LogP) is 6.42. The highest BCUT2D eigenvalue weighted by atomic mass is 35.5. The number of rotatable bonds is 14. The molecule has 0 aliphatic heterocycles. The summed E-state index contributed by atoms with van der Waals surface area (Å²) in [6.45, 7) is 3.95. The molecule has 1 nitrogen and oxygen atoms in total. The summed E-state index contributed by atoms with van der Waals surface area (Å²) in [6, 6.07) is 0. The first-order valence-electron chi connectivity index (χ1n) is 8.47. The molecule has 0 heterocycles. The molecular formula is C17H35ClO. The molecule has 0 aromatic carbocycles. The van der Waals surface area contributed by atoms with Crippen LogP contribution in [0.15, 0.2) is 0 Å². The van der Waals surface area contributed by atoms with Crippen molar-refractivity contribution in [2.24, 2.45) is 0 Å². The van der Waals surface area contributed by atoms with Gasteiger partial charge in [-0.25, -0.2) is 0 Å². The lowest BCUT2D eigenvalue weighted by Crippen LogP contribution is -2.13. The Morgan fingerprint density at radius 1 is 0.684 bits per heavy atom. The maximum atomic E-state index is 9.36. The predicted molar refractivity (Wildman–Crippen MR) is 86.8 cm³/mol. The van der Waals surface area contributed by atoms with E-state index in [0.29, 0.717) is 6.42 Å². The molecule has 1 atom stereocenters. The Morgan fingerprint density at radius 2 is 1.00 bits per heavy atom. The van der Waals surface area contributed by atoms with Gasteiger partial charge in [0.15, 0.2) is 0 Å². The monoisotopic (exact) mass is 290 g/mol. The van der Waals surface area contributed by atoms with Gasteiger partial charge in [0, 0.05) is 0 Å². The van der Waals surface area contributed by atoms with Crippen molar-refractivity contribution in [1.82, 2.24) is 0 Å². The van der Waals surface area contributed by atoms with Gasteiger partial charge in [-0.3, -0.25) is 0 Å². The van der Waals surface area contributed by atoms with Crippen LogP contribution < -0.4 is 0 Å². The second-order valence-corrected chi connectivity index (χ2v) is 6.95. The van der Waals surface area contributed by atoms with Crippen molar-refractivity contribution < 1.29 is 5.11 Å². The van der Waals surface area contributed by atoms with Crippen LogP contribution in [0.1, 0.15) is 104 Å². The zero-order chi connectivity index (χ0) is 14.4. The highest BCUT2D eigenvalue weighted by Crippen LogP contribution is 2.19. The maximum Gasteiger partial charge on any atom is 0.135 e. The molecule has 1 unspecified atom stereocenters. The average molecular weight is 291 g/mol. The molecule has 0 aromatic heterocycles. The second kappa shape index (κ2) is 13.2. The molecule has 116 valence electrons. The van der Waals surface area contributed by atoms with E-state index in [2.05, 4.69) is 6.92 Å². The fourth-order valence-corrected chi connectivity index (χ4v) is 2.60. The average Bonchev–Trinajstić information content (AvgIpc) is 2.34. The van der Waals surface area contributed by atoms with Crippen LogP contribution in [-0.2, 0) is 0 Å². The summed E-state index contributed by atoms with van der Waals surface area (Å²) in [6.07, 6.45) is 18.3. The largest absolute Gasteiger partial charge is 0.375 e. The molecule has 0 saturated carbocycles. The van der Waals surface area contributed by atoms with E-state index >= 15 is 0 Å². The van der Waals surface area contributed by atoms with Crippen LogP contribution in [0.2, 0.25) is 0 Å². The van der Waals surface area contributed by atoms with E-state index in [1.54, 1.807) is 6.92 Å². The van der Waals surface area contributed by atoms with E-state index < -0.39 is 5.06 Å². The zero-order valence-electron chi connectivity index (χ0n) is 13.2. The zero-order valence-corrected chi connectivity index (χ0v) is 14.0. The van der Waals surface area contributed by atoms with E-state index in [9.17, 15) is 5.11 Å². The number of hydrogen-bond donors (Lipinski definition) is 1. The first-order valence-corrected chi connectivity index (χ1v) is 8.85. The SMILES string of the molecule is CCCCCCCCCCCCCCCC(C)(O)Cl. The summed E-state index contributed by atoms with van der Waals surface area (Å²) in [5, 5.41) is 8.37. The van der Waals surface area contributed by atoms with E-state index in [0.717, 1.165) is 6.42 Å². The van der Waals surface area contributed by atoms with Crippen molar-refractivity contribution in [2.45, 2.75) is 109 Å². The quantitative estimate of drug-likeness (QED) is 0.289. The molecule has 0 bridgehead atoms. The fourth-order valence-electron chi connectivity index (χ4n) is 2.47. The molecule has 1 N–H and O–H groups in total. The Kier molecular flexibility index (Phi) is 13.4. The molecule has 0 aliphatic rings. The molecule has 0 fully saturated rings. The lowest BCUT2D eigenvalue weighted by atomic mass is 10.0. The molecule has 0 aliphatic carbocycles. The van der Waals surface area contributed by atoms with E-state index in [1.165, 1.54) is 77.0 Å². The summed E-state index contributed by atoms with van der Waals surface area (Å²) in [5.74, 6) is 0. The fraction of sp³-hybridized carbons (Fsp3) is 1.00. The standard InChI is InChI=1S/C17H35ClO/c1-3-4-5-6-7-8-9-10-11-12-13-14-15-16-17(2,18)19/h19H,3-16H2,1-2H3. The number of unbranched alkanes of at least 4 members (excludes halogenated alkanes) is 12. The summed E-state index contributed by atoms with van der Waals surface area (Å²) in [7, 11) is 0. The van der Waals surface area contributed by atoms with Gasteiger partial charge in [-0.05, 0) is 19.8 Å². The minimum absolute atomic E-state index is 0.715. The molecule has 2 heteroatoms. The van der Waals surface area contributed by atoms with Crippen LogP contribution in [0.3, 0.4) is 0 Å². The van der Waals surface area contributed by atoms with Crippen molar-refractivity contribution in [1.29, 1.82) is 0 Å². The Labute approximate surface area is 126 Å². The van der Waals surface area contributed by atoms with Gasteiger partial charge in [0.2, 0.25) is 0 Å². The van der Waals surface area contributed by atoms with Gasteiger partial charge in [-0.1, -0.05) is 95.6 Å². The van der Waals surface area contributed by atoms with Crippen molar-refractivity contribution in [3.05, 3.63) is 0 Å². The smallest absolute Gasteiger partial charge is 0.135 e. The lowest BCUT2D eigenvalue weighted by Gasteiger charge is -2.13. The van der Waals surface area contributed by atoms with Gasteiger partial charge in [-0.2, -0.15) is 0 Å². The van der Waals surface area contributed by atoms with Gasteiger partial charge in [0.1, 0.15) is 5.06 Å². The third kappa shape index (κ3) is 18.2. The molecule has 0 saturated heterocycles. The van der Waals surface area contributed by atoms with Gasteiger partial charge in [0.25, 0.3) is 0 Å². The van der Waals surface area contributed by atoms with E-state index in [-0.39, 0.29) is 0 Å². The van der Waals surface area contributed by atoms with Gasteiger partial charge in [-0.15, -0.1) is 0 Å². The molecule has 0 rings (SSSR count). The maximum absolute atomic E-state index is 9.36. The Bertz CT molecular complexity index is 175. The minimum Gasteiger partial charge on any atom is -0.375 e. The normalized spacial score (nSPS) is 14.5. The van der Waals surface area contributed by atoms with E-state index in [4.69, 9.17) is 11.6 Å². The third-order valence-electron chi connectivity index (χ3n) is 3.74. The topological polar surface area (TPSA) is 20.2 Å². The first kappa shape index (κ1) is 19.2. The highest BCUT2D eigenvalue weighted by Gasteiger charge is 2.13. The molecular weight excluding hydrogens is 256 g/mol. The van der Waals surface area contributed by atoms with Gasteiger partial charge in [0.05, 0.1) is 0 Å². The summed E-state index contributed by atoms with van der Waals surface area (Å²) in [4.78, 5) is 0. The third-order valence-corrected chi connectivity index (χ3v) is 3.93. The number of hydrogen-bond acceptors (Lipinski definition) is 1. The number of alkyl halides is 1. The van der Waals surface area contributed by atoms with E-state index in [1.807, 2.05) is 0 Å².